The van der Waals surface area contributed by atoms with E-state index in [9.17, 15) is 68.7 Å². The number of hydrogen-bond donors (Lipinski definition) is 13. The third-order valence-corrected chi connectivity index (χ3v) is 22.5. The highest BCUT2D eigenvalue weighted by molar-refractivity contribution is 7.86. The second kappa shape index (κ2) is 70.2. The first-order valence-electron chi connectivity index (χ1n) is 43.1. The van der Waals surface area contributed by atoms with Gasteiger partial charge in [-0.1, -0.05) is 95.8 Å². The molecule has 0 aliphatic carbocycles. The number of benzene rings is 1. The molecule has 1 rings (SSSR count). The number of hydrogen-bond acceptors (Lipinski definition) is 32. The first kappa shape index (κ1) is 113. The van der Waals surface area contributed by atoms with Crippen molar-refractivity contribution in [2.75, 3.05) is 223 Å². The summed E-state index contributed by atoms with van der Waals surface area (Å²) in [7, 11) is -11.1. The molecular formula is C69H158B12N12O20S. The topological polar surface area (TPSA) is 382 Å². The van der Waals surface area contributed by atoms with E-state index < -0.39 is 94.7 Å². The number of nitrogens with zero attached hydrogens (tertiary/aromatic N) is 12. The minimum atomic E-state index is -3.83. The number of rotatable bonds is 77. The third kappa shape index (κ3) is 57.2. The molecule has 0 atom stereocenters. The van der Waals surface area contributed by atoms with E-state index in [-0.39, 0.29) is 31.3 Å². The molecule has 0 spiro atoms. The zero-order chi connectivity index (χ0) is 85.8. The standard InChI is InChI=1S/C38H82B6N6O11S.C31H76B6N6O9/c1-9-45(39(3)51)23-24-48(42(6)54)27-25-46(40(4)52)21-15-13-11-10-12-14-16-22-47(41(5)53)26-28-49(43(7)55)29-30-50(44(8)56)31-32-59-33-34-60-35-36-61-62(57,58)38-19-17-37(2)18-20-38;1-8-38(32(2)45)18-19-41(35(5)48)22-20-39(33(3)46)16-14-12-10-9-11-13-15-17-40(34(4)47)21-23-42(36(6)49)24-25-43(37(7)50)26-28-51-30-31-52-29-27-44/h17-20,51-56H,9-16,21-36H2,1-8H3;44-50H,8-31H2,1-7H3. The number of aliphatic hydroxyl groups excluding tert-OH is 1. The van der Waals surface area contributed by atoms with Crippen molar-refractivity contribution in [2.24, 2.45) is 0 Å². The quantitative estimate of drug-likeness (QED) is 0.0235. The highest BCUT2D eigenvalue weighted by Crippen LogP contribution is 2.16. The fourth-order valence-corrected chi connectivity index (χ4v) is 14.1. The summed E-state index contributed by atoms with van der Waals surface area (Å²) >= 11 is 0. The molecule has 0 unspecified atom stereocenters. The molecule has 0 radical (unpaired) electrons. The van der Waals surface area contributed by atoms with Crippen LogP contribution in [0.4, 0.5) is 0 Å². The number of ether oxygens (including phenoxy) is 4. The van der Waals surface area contributed by atoms with Crippen molar-refractivity contribution in [3.63, 3.8) is 0 Å². The van der Waals surface area contributed by atoms with Crippen LogP contribution in [0.5, 0.6) is 0 Å². The Morgan fingerprint density at radius 1 is 0.254 bits per heavy atom. The molecule has 32 nitrogen and oxygen atoms in total. The van der Waals surface area contributed by atoms with Gasteiger partial charge in [-0.25, -0.2) is 0 Å². The van der Waals surface area contributed by atoms with Gasteiger partial charge in [-0.2, -0.15) is 8.42 Å². The normalized spacial score (nSPS) is 12.1. The van der Waals surface area contributed by atoms with E-state index in [1.54, 1.807) is 94.0 Å². The Kier molecular flexibility index (Phi) is 69.4. The first-order chi connectivity index (χ1) is 54.1. The minimum Gasteiger partial charge on any atom is -0.437 e. The van der Waals surface area contributed by atoms with Crippen LogP contribution < -0.4 is 0 Å². The highest BCUT2D eigenvalue weighted by Gasteiger charge is 2.29. The summed E-state index contributed by atoms with van der Waals surface area (Å²) in [4.78, 5) is 23.8. The van der Waals surface area contributed by atoms with E-state index in [4.69, 9.17) is 28.2 Å². The van der Waals surface area contributed by atoms with Gasteiger partial charge in [0, 0.05) is 118 Å². The maximum atomic E-state index is 12.3. The molecule has 656 valence electrons. The molecule has 0 saturated heterocycles. The van der Waals surface area contributed by atoms with Crippen LogP contribution in [0.3, 0.4) is 0 Å². The summed E-state index contributed by atoms with van der Waals surface area (Å²) < 4.78 is 51.5. The van der Waals surface area contributed by atoms with E-state index >= 15 is 0 Å². The SMILES string of the molecule is CCN(CCN(CCN(CCCCCCCCCN(CCN(CCN(CCOCCOCCO)B(C)O)B(C)O)B(C)O)B(C)O)B(C)O)B(C)O.CCN(CCN(CCN(CCCCCCCCCN(CCN(CCN(CCOCCOCCOS(=O)(=O)c1ccc(C)cc1)B(C)O)B(C)O)B(C)O)B(C)O)B(C)O)B(C)O. The molecule has 0 heterocycles. The number of likely N-dealkylation sites (N-methyl/N-ethyl adjacent to an activating group) is 2. The predicted molar refractivity (Wildman–Crippen MR) is 476 cm³/mol. The van der Waals surface area contributed by atoms with Crippen LogP contribution in [0.2, 0.25) is 81.9 Å². The maximum Gasteiger partial charge on any atom is 0.376 e. The van der Waals surface area contributed by atoms with Crippen LogP contribution in [-0.4, -0.2) is 439 Å². The van der Waals surface area contributed by atoms with E-state index in [1.165, 1.54) is 12.1 Å². The van der Waals surface area contributed by atoms with Crippen LogP contribution in [0.1, 0.15) is 109 Å². The van der Waals surface area contributed by atoms with Crippen molar-refractivity contribution in [3.8, 4) is 0 Å². The molecular weight excluding hydrogens is 1480 g/mol. The first-order valence-corrected chi connectivity index (χ1v) is 44.5. The van der Waals surface area contributed by atoms with Crippen molar-refractivity contribution < 1.29 is 96.9 Å². The Hall–Kier alpha value is -1.25. The second-order valence-corrected chi connectivity index (χ2v) is 32.0. The zero-order valence-electron chi connectivity index (χ0n) is 73.6. The van der Waals surface area contributed by atoms with Gasteiger partial charge < -0.3 is 142 Å². The van der Waals surface area contributed by atoms with E-state index in [0.717, 1.165) is 135 Å². The Labute approximate surface area is 696 Å². The molecule has 1 aromatic carbocycles. The summed E-state index contributed by atoms with van der Waals surface area (Å²) in [6, 6.07) is 6.45. The average molecular weight is 1640 g/mol. The zero-order valence-corrected chi connectivity index (χ0v) is 74.4. The van der Waals surface area contributed by atoms with E-state index in [0.29, 0.717) is 157 Å². The van der Waals surface area contributed by atoms with Crippen LogP contribution in [0.25, 0.3) is 0 Å². The summed E-state index contributed by atoms with van der Waals surface area (Å²) in [5.74, 6) is 0. The van der Waals surface area contributed by atoms with Gasteiger partial charge in [-0.05, 0) is 166 Å². The van der Waals surface area contributed by atoms with Gasteiger partial charge in [0.25, 0.3) is 10.1 Å². The Morgan fingerprint density at radius 2 is 0.439 bits per heavy atom. The van der Waals surface area contributed by atoms with Gasteiger partial charge in [-0.3, -0.25) is 4.18 Å². The highest BCUT2D eigenvalue weighted by atomic mass is 32.2. The number of aryl methyl sites for hydroxylation is 1. The van der Waals surface area contributed by atoms with Gasteiger partial charge in [0.15, 0.2) is 0 Å². The molecule has 114 heavy (non-hydrogen) atoms. The van der Waals surface area contributed by atoms with Gasteiger partial charge in [0.1, 0.15) is 0 Å². The molecule has 0 fully saturated rings. The molecule has 0 bridgehead atoms. The van der Waals surface area contributed by atoms with Crippen LogP contribution >= 0.6 is 0 Å². The molecule has 0 aliphatic heterocycles. The molecule has 0 aliphatic rings. The smallest absolute Gasteiger partial charge is 0.376 e. The van der Waals surface area contributed by atoms with Crippen molar-refractivity contribution in [2.45, 2.75) is 197 Å². The maximum absolute atomic E-state index is 12.3. The lowest BCUT2D eigenvalue weighted by Gasteiger charge is -2.31. The Balaban J connectivity index is 0.00000228. The summed E-state index contributed by atoms with van der Waals surface area (Å²) in [6.45, 7) is 44.7. The molecule has 45 heteroatoms. The van der Waals surface area contributed by atoms with Crippen LogP contribution in [0, 0.1) is 6.92 Å². The average Bonchev–Trinajstić information content (AvgIpc) is 0.846. The molecule has 0 saturated carbocycles. The van der Waals surface area contributed by atoms with Gasteiger partial charge in [-0.15, -0.1) is 0 Å². The van der Waals surface area contributed by atoms with Gasteiger partial charge >= 0.3 is 84.6 Å². The van der Waals surface area contributed by atoms with E-state index in [1.807, 2.05) is 68.9 Å². The monoisotopic (exact) mass is 1640 g/mol. The lowest BCUT2D eigenvalue weighted by molar-refractivity contribution is 0.0299. The Morgan fingerprint density at radius 3 is 0.658 bits per heavy atom. The number of unbranched alkanes of at least 4 members (excludes halogenated alkanes) is 12. The predicted octanol–water partition coefficient (Wildman–Crippen LogP) is 0.194. The van der Waals surface area contributed by atoms with Crippen molar-refractivity contribution >= 4 is 94.7 Å². The van der Waals surface area contributed by atoms with Gasteiger partial charge in [0.2, 0.25) is 0 Å². The van der Waals surface area contributed by atoms with Crippen molar-refractivity contribution in [1.29, 1.82) is 0 Å². The lowest BCUT2D eigenvalue weighted by Crippen LogP contribution is -2.50. The van der Waals surface area contributed by atoms with Crippen LogP contribution in [0.15, 0.2) is 29.2 Å². The summed E-state index contributed by atoms with van der Waals surface area (Å²) in [5, 5.41) is 132. The second-order valence-electron chi connectivity index (χ2n) is 30.4. The molecule has 13 N–H and O–H groups in total. The third-order valence-electron chi connectivity index (χ3n) is 21.1. The van der Waals surface area contributed by atoms with E-state index in [2.05, 4.69) is 9.62 Å². The van der Waals surface area contributed by atoms with Gasteiger partial charge in [0.05, 0.1) is 71.0 Å². The molecule has 1 aromatic rings. The van der Waals surface area contributed by atoms with Crippen LogP contribution in [-0.2, 0) is 33.2 Å². The largest absolute Gasteiger partial charge is 0.437 e. The summed E-state index contributed by atoms with van der Waals surface area (Å²) in [6.07, 6.45) is 15.0. The van der Waals surface area contributed by atoms with Crippen molar-refractivity contribution in [3.05, 3.63) is 29.8 Å². The number of aliphatic hydroxyl groups is 1. The van der Waals surface area contributed by atoms with Crippen molar-refractivity contribution in [1.82, 2.24) is 57.7 Å². The Bertz CT molecular complexity index is 2480. The lowest BCUT2D eigenvalue weighted by atomic mass is 9.82. The molecule has 0 amide bonds. The fraction of sp³-hybridized carbons (Fsp3) is 0.913. The molecule has 0 aromatic heterocycles. The fourth-order valence-electron chi connectivity index (χ4n) is 13.2. The summed E-state index contributed by atoms with van der Waals surface area (Å²) in [5.41, 5.74) is 0.958. The minimum absolute atomic E-state index is 0.0143.